The number of hydrogen-bond donors (Lipinski definition) is 2. The first kappa shape index (κ1) is 12.0. The van der Waals surface area contributed by atoms with Crippen LogP contribution in [0.2, 0.25) is 0 Å². The molecule has 0 amide bonds. The average Bonchev–Trinajstić information content (AvgIpc) is 2.52. The lowest BCUT2D eigenvalue weighted by Gasteiger charge is -2.11. The Morgan fingerprint density at radius 2 is 1.75 bits per heavy atom. The van der Waals surface area contributed by atoms with Gasteiger partial charge in [0.2, 0.25) is 0 Å². The van der Waals surface area contributed by atoms with Gasteiger partial charge in [0.05, 0.1) is 0 Å². The van der Waals surface area contributed by atoms with Gasteiger partial charge in [-0.3, -0.25) is 9.59 Å². The molecule has 6 heteroatoms. The van der Waals surface area contributed by atoms with Crippen molar-refractivity contribution in [2.24, 2.45) is 0 Å². The molecule has 0 aliphatic rings. The highest BCUT2D eigenvalue weighted by atomic mass is 16.2. The molecule has 0 aliphatic carbocycles. The summed E-state index contributed by atoms with van der Waals surface area (Å²) in [5, 5.41) is 2.86. The summed E-state index contributed by atoms with van der Waals surface area (Å²) < 4.78 is 0. The third-order valence-corrected chi connectivity index (χ3v) is 2.97. The molecular weight excluding hydrogens is 256 g/mol. The normalized spacial score (nSPS) is 10.6. The largest absolute Gasteiger partial charge is 0.394 e. The summed E-state index contributed by atoms with van der Waals surface area (Å²) >= 11 is 0. The Morgan fingerprint density at radius 1 is 1.00 bits per heavy atom. The Morgan fingerprint density at radius 3 is 2.45 bits per heavy atom. The molecule has 0 spiro atoms. The highest BCUT2D eigenvalue weighted by Gasteiger charge is 2.17. The molecule has 0 unspecified atom stereocenters. The van der Waals surface area contributed by atoms with E-state index in [0.717, 1.165) is 11.1 Å². The van der Waals surface area contributed by atoms with Crippen LogP contribution in [0.4, 0.5) is 17.1 Å². The van der Waals surface area contributed by atoms with E-state index in [1.807, 2.05) is 18.2 Å². The van der Waals surface area contributed by atoms with Crippen LogP contribution in [-0.2, 0) is 0 Å². The summed E-state index contributed by atoms with van der Waals surface area (Å²) in [7, 11) is 0. The van der Waals surface area contributed by atoms with Gasteiger partial charge in [-0.1, -0.05) is 12.1 Å². The van der Waals surface area contributed by atoms with Gasteiger partial charge in [-0.15, -0.1) is 0 Å². The maximum absolute atomic E-state index is 11.4. The van der Waals surface area contributed by atoms with Gasteiger partial charge in [-0.05, 0) is 17.7 Å². The molecule has 0 radical (unpaired) electrons. The molecule has 98 valence electrons. The molecule has 0 saturated heterocycles. The monoisotopic (exact) mass is 266 g/mol. The summed E-state index contributed by atoms with van der Waals surface area (Å²) in [5.41, 5.74) is 6.80. The number of nitrogens with one attached hydrogen (secondary N) is 1. The van der Waals surface area contributed by atoms with Gasteiger partial charge >= 0.3 is 0 Å². The van der Waals surface area contributed by atoms with E-state index >= 15 is 0 Å². The van der Waals surface area contributed by atoms with Crippen molar-refractivity contribution in [3.8, 4) is 11.1 Å². The maximum Gasteiger partial charge on any atom is 0.253 e. The quantitative estimate of drug-likeness (QED) is 0.688. The first-order chi connectivity index (χ1) is 9.66. The topological polar surface area (TPSA) is 98.0 Å². The fourth-order valence-electron chi connectivity index (χ4n) is 1.90. The Balaban J connectivity index is 1.93. The molecule has 1 aromatic heterocycles. The second-order valence-corrected chi connectivity index (χ2v) is 4.28. The molecule has 0 fully saturated rings. The smallest absolute Gasteiger partial charge is 0.253 e. The van der Waals surface area contributed by atoms with Crippen LogP contribution in [0, 0.1) is 0 Å². The molecule has 0 saturated carbocycles. The Kier molecular flexibility index (Phi) is 2.76. The molecule has 0 aliphatic heterocycles. The second kappa shape index (κ2) is 4.58. The number of aromatic nitrogens is 2. The number of nitrogen functional groups attached to an aromatic ring is 1. The van der Waals surface area contributed by atoms with Crippen molar-refractivity contribution in [1.82, 2.24) is 9.97 Å². The van der Waals surface area contributed by atoms with E-state index in [0.29, 0.717) is 5.69 Å². The van der Waals surface area contributed by atoms with Crippen molar-refractivity contribution in [2.75, 3.05) is 11.1 Å². The fraction of sp³-hybridized carbons (Fsp3) is 0. The van der Waals surface area contributed by atoms with Crippen LogP contribution in [0.25, 0.3) is 11.1 Å². The van der Waals surface area contributed by atoms with Crippen LogP contribution in [0.5, 0.6) is 0 Å². The molecule has 2 aromatic carbocycles. The van der Waals surface area contributed by atoms with Gasteiger partial charge in [-0.2, -0.15) is 0 Å². The summed E-state index contributed by atoms with van der Waals surface area (Å²) in [6, 6.07) is 7.33. The van der Waals surface area contributed by atoms with E-state index < -0.39 is 10.9 Å². The van der Waals surface area contributed by atoms with Gasteiger partial charge in [0.15, 0.2) is 0 Å². The van der Waals surface area contributed by atoms with E-state index in [1.54, 1.807) is 18.5 Å². The molecule has 3 aromatic rings. The highest BCUT2D eigenvalue weighted by molar-refractivity contribution is 5.78. The Hall–Kier alpha value is -3.02. The molecular formula is C14H10N4O2. The van der Waals surface area contributed by atoms with Crippen LogP contribution in [0.1, 0.15) is 0 Å². The average molecular weight is 266 g/mol. The number of hydrogen-bond acceptors (Lipinski definition) is 6. The van der Waals surface area contributed by atoms with Gasteiger partial charge in [0, 0.05) is 23.6 Å². The maximum atomic E-state index is 11.4. The van der Waals surface area contributed by atoms with E-state index in [4.69, 9.17) is 5.73 Å². The van der Waals surface area contributed by atoms with Crippen molar-refractivity contribution < 1.29 is 0 Å². The van der Waals surface area contributed by atoms with Crippen molar-refractivity contribution in [3.05, 3.63) is 63.4 Å². The predicted molar refractivity (Wildman–Crippen MR) is 76.5 cm³/mol. The van der Waals surface area contributed by atoms with Crippen molar-refractivity contribution >= 4 is 17.1 Å². The lowest BCUT2D eigenvalue weighted by atomic mass is 10.1. The third kappa shape index (κ3) is 1.93. The highest BCUT2D eigenvalue weighted by Crippen LogP contribution is 2.24. The third-order valence-electron chi connectivity index (χ3n) is 2.97. The van der Waals surface area contributed by atoms with Gasteiger partial charge in [0.25, 0.3) is 10.9 Å². The summed E-state index contributed by atoms with van der Waals surface area (Å²) in [5.74, 6) is 0. The van der Waals surface area contributed by atoms with Crippen molar-refractivity contribution in [1.29, 1.82) is 0 Å². The number of rotatable bonds is 3. The van der Waals surface area contributed by atoms with Crippen molar-refractivity contribution in [2.45, 2.75) is 0 Å². The van der Waals surface area contributed by atoms with Gasteiger partial charge < -0.3 is 11.1 Å². The SMILES string of the molecule is Nc1c(Nc2cccc(-c3cncnc3)c2)c(=O)c1=O. The lowest BCUT2D eigenvalue weighted by Crippen LogP contribution is -2.36. The summed E-state index contributed by atoms with van der Waals surface area (Å²) in [4.78, 5) is 30.3. The van der Waals surface area contributed by atoms with Crippen LogP contribution in [0.3, 0.4) is 0 Å². The minimum atomic E-state index is -0.639. The zero-order valence-corrected chi connectivity index (χ0v) is 10.3. The second-order valence-electron chi connectivity index (χ2n) is 4.28. The van der Waals surface area contributed by atoms with Crippen LogP contribution < -0.4 is 21.9 Å². The number of anilines is 3. The van der Waals surface area contributed by atoms with Crippen LogP contribution >= 0.6 is 0 Å². The van der Waals surface area contributed by atoms with Crippen LogP contribution in [0.15, 0.2) is 52.6 Å². The Labute approximate surface area is 113 Å². The van der Waals surface area contributed by atoms with E-state index in [1.165, 1.54) is 6.33 Å². The fourth-order valence-corrected chi connectivity index (χ4v) is 1.90. The predicted octanol–water partition coefficient (Wildman–Crippen LogP) is 1.07. The van der Waals surface area contributed by atoms with E-state index in [9.17, 15) is 9.59 Å². The van der Waals surface area contributed by atoms with Gasteiger partial charge in [0.1, 0.15) is 17.7 Å². The molecule has 3 rings (SSSR count). The molecule has 0 atom stereocenters. The summed E-state index contributed by atoms with van der Waals surface area (Å²) in [6.45, 7) is 0. The minimum absolute atomic E-state index is 0.0246. The van der Waals surface area contributed by atoms with Crippen molar-refractivity contribution in [3.63, 3.8) is 0 Å². The number of nitrogens with zero attached hydrogens (tertiary/aromatic N) is 2. The molecule has 3 N–H and O–H groups in total. The standard InChI is InChI=1S/C14H10N4O2/c15-11-12(14(20)13(11)19)18-10-3-1-2-8(4-10)9-5-16-7-17-6-9/h1-7,18H,15H2. The first-order valence-electron chi connectivity index (χ1n) is 5.88. The molecule has 0 bridgehead atoms. The Bertz CT molecular complexity index is 836. The zero-order valence-electron chi connectivity index (χ0n) is 10.3. The number of nitrogens with two attached hydrogens (primary N) is 1. The minimum Gasteiger partial charge on any atom is -0.394 e. The molecule has 6 nitrogen and oxygen atoms in total. The molecule has 1 heterocycles. The lowest BCUT2D eigenvalue weighted by molar-refractivity contribution is 1.17. The van der Waals surface area contributed by atoms with E-state index in [2.05, 4.69) is 15.3 Å². The van der Waals surface area contributed by atoms with Crippen LogP contribution in [-0.4, -0.2) is 9.97 Å². The number of benzene rings is 1. The van der Waals surface area contributed by atoms with Gasteiger partial charge in [-0.25, -0.2) is 9.97 Å². The zero-order chi connectivity index (χ0) is 14.1. The summed E-state index contributed by atoms with van der Waals surface area (Å²) in [6.07, 6.45) is 4.84. The first-order valence-corrected chi connectivity index (χ1v) is 5.88. The molecule has 20 heavy (non-hydrogen) atoms. The van der Waals surface area contributed by atoms with E-state index in [-0.39, 0.29) is 11.4 Å².